The van der Waals surface area contributed by atoms with E-state index in [1.54, 1.807) is 0 Å². The summed E-state index contributed by atoms with van der Waals surface area (Å²) >= 11 is 0. The first-order valence-electron chi connectivity index (χ1n) is 6.06. The van der Waals surface area contributed by atoms with Gasteiger partial charge in [0.1, 0.15) is 0 Å². The molecule has 4 heteroatoms. The third kappa shape index (κ3) is 2.71. The fraction of sp³-hybridized carbons (Fsp3) is 0.357. The fourth-order valence-corrected chi connectivity index (χ4v) is 2.28. The summed E-state index contributed by atoms with van der Waals surface area (Å²) in [6, 6.07) is 10.1. The molecular weight excluding hydrogens is 228 g/mol. The van der Waals surface area contributed by atoms with Crippen LogP contribution >= 0.6 is 0 Å². The molecule has 0 radical (unpaired) electrons. The van der Waals surface area contributed by atoms with Crippen LogP contribution < -0.4 is 10.2 Å². The van der Waals surface area contributed by atoms with E-state index in [4.69, 9.17) is 5.11 Å². The van der Waals surface area contributed by atoms with Crippen molar-refractivity contribution in [2.24, 2.45) is 0 Å². The zero-order valence-electron chi connectivity index (χ0n) is 10.5. The van der Waals surface area contributed by atoms with Gasteiger partial charge in [0.15, 0.2) is 0 Å². The molecule has 1 heterocycles. The Morgan fingerprint density at radius 1 is 1.39 bits per heavy atom. The number of carbonyl (C=O) groups is 1. The van der Waals surface area contributed by atoms with Crippen LogP contribution in [0.25, 0.3) is 0 Å². The first-order chi connectivity index (χ1) is 8.58. The quantitative estimate of drug-likeness (QED) is 0.793. The van der Waals surface area contributed by atoms with Gasteiger partial charge >= 0.3 is 5.97 Å². The number of carboxylic acid groups (broad SMARTS) is 1. The van der Waals surface area contributed by atoms with Gasteiger partial charge in [0, 0.05) is 30.4 Å². The molecule has 0 aromatic heterocycles. The molecule has 1 fully saturated rings. The summed E-state index contributed by atoms with van der Waals surface area (Å²) in [5.41, 5.74) is 1.34. The zero-order valence-corrected chi connectivity index (χ0v) is 10.5. The van der Waals surface area contributed by atoms with Crippen LogP contribution in [-0.2, 0) is 4.79 Å². The lowest BCUT2D eigenvalue weighted by Gasteiger charge is -2.39. The van der Waals surface area contributed by atoms with Crippen molar-refractivity contribution in [1.82, 2.24) is 5.32 Å². The van der Waals surface area contributed by atoms with Crippen molar-refractivity contribution >= 4 is 11.7 Å². The molecule has 1 aliphatic rings. The van der Waals surface area contributed by atoms with Gasteiger partial charge in [-0.1, -0.05) is 24.8 Å². The SMILES string of the molecule is C=C(C(=O)O)[C@H]1CN(c2ccccc2)C[C@@H](C)N1. The lowest BCUT2D eigenvalue weighted by molar-refractivity contribution is -0.133. The summed E-state index contributed by atoms with van der Waals surface area (Å²) in [7, 11) is 0. The van der Waals surface area contributed by atoms with Crippen LogP contribution in [-0.4, -0.2) is 36.2 Å². The van der Waals surface area contributed by atoms with E-state index >= 15 is 0 Å². The predicted octanol–water partition coefficient (Wildman–Crippen LogP) is 1.49. The number of aliphatic carboxylic acids is 1. The Labute approximate surface area is 107 Å². The van der Waals surface area contributed by atoms with Gasteiger partial charge in [-0.25, -0.2) is 4.79 Å². The summed E-state index contributed by atoms with van der Waals surface area (Å²) in [6.07, 6.45) is 0. The van der Waals surface area contributed by atoms with E-state index in [0.717, 1.165) is 12.2 Å². The molecule has 0 spiro atoms. The molecule has 1 aromatic carbocycles. The number of nitrogens with zero attached hydrogens (tertiary/aromatic N) is 1. The molecule has 18 heavy (non-hydrogen) atoms. The van der Waals surface area contributed by atoms with Crippen molar-refractivity contribution < 1.29 is 9.90 Å². The van der Waals surface area contributed by atoms with Crippen LogP contribution in [0.4, 0.5) is 5.69 Å². The molecule has 1 saturated heterocycles. The van der Waals surface area contributed by atoms with E-state index in [1.165, 1.54) is 0 Å². The van der Waals surface area contributed by atoms with Gasteiger partial charge < -0.3 is 15.3 Å². The number of carboxylic acids is 1. The van der Waals surface area contributed by atoms with E-state index in [0.29, 0.717) is 6.54 Å². The lowest BCUT2D eigenvalue weighted by atomic mass is 10.0. The van der Waals surface area contributed by atoms with Gasteiger partial charge in [-0.05, 0) is 19.1 Å². The second kappa shape index (κ2) is 5.23. The van der Waals surface area contributed by atoms with E-state index in [-0.39, 0.29) is 17.7 Å². The molecule has 0 aliphatic carbocycles. The Bertz CT molecular complexity index is 444. The molecule has 2 atom stereocenters. The van der Waals surface area contributed by atoms with Crippen molar-refractivity contribution in [3.63, 3.8) is 0 Å². The lowest BCUT2D eigenvalue weighted by Crippen LogP contribution is -2.56. The second-order valence-electron chi connectivity index (χ2n) is 4.69. The maximum atomic E-state index is 11.0. The fourth-order valence-electron chi connectivity index (χ4n) is 2.28. The van der Waals surface area contributed by atoms with Crippen molar-refractivity contribution in [3.8, 4) is 0 Å². The average Bonchev–Trinajstić information content (AvgIpc) is 2.38. The molecule has 1 aliphatic heterocycles. The Kier molecular flexibility index (Phi) is 3.67. The van der Waals surface area contributed by atoms with Crippen molar-refractivity contribution in [3.05, 3.63) is 42.5 Å². The third-order valence-electron chi connectivity index (χ3n) is 3.20. The minimum absolute atomic E-state index is 0.202. The highest BCUT2D eigenvalue weighted by atomic mass is 16.4. The van der Waals surface area contributed by atoms with Crippen molar-refractivity contribution in [2.75, 3.05) is 18.0 Å². The van der Waals surface area contributed by atoms with Gasteiger partial charge in [-0.15, -0.1) is 0 Å². The molecule has 0 bridgehead atoms. The standard InChI is InChI=1S/C14H18N2O2/c1-10-8-16(12-6-4-3-5-7-12)9-13(15-10)11(2)14(17)18/h3-7,10,13,15H,2,8-9H2,1H3,(H,17,18)/t10-,13-/m1/s1. The van der Waals surface area contributed by atoms with Crippen molar-refractivity contribution in [1.29, 1.82) is 0 Å². The molecule has 4 nitrogen and oxygen atoms in total. The van der Waals surface area contributed by atoms with E-state index < -0.39 is 5.97 Å². The van der Waals surface area contributed by atoms with Gasteiger partial charge in [-0.2, -0.15) is 0 Å². The van der Waals surface area contributed by atoms with Crippen LogP contribution in [0.1, 0.15) is 6.92 Å². The molecule has 96 valence electrons. The normalized spacial score (nSPS) is 23.7. The molecule has 1 aromatic rings. The molecule has 2 rings (SSSR count). The van der Waals surface area contributed by atoms with Crippen LogP contribution in [0, 0.1) is 0 Å². The van der Waals surface area contributed by atoms with Crippen LogP contribution in [0.3, 0.4) is 0 Å². The van der Waals surface area contributed by atoms with E-state index in [1.807, 2.05) is 30.3 Å². The number of para-hydroxylation sites is 1. The summed E-state index contributed by atoms with van der Waals surface area (Å²) < 4.78 is 0. The highest BCUT2D eigenvalue weighted by molar-refractivity contribution is 5.87. The van der Waals surface area contributed by atoms with Gasteiger partial charge in [0.25, 0.3) is 0 Å². The molecule has 0 saturated carbocycles. The molecule has 2 N–H and O–H groups in total. The maximum Gasteiger partial charge on any atom is 0.332 e. The van der Waals surface area contributed by atoms with Gasteiger partial charge in [-0.3, -0.25) is 0 Å². The number of anilines is 1. The largest absolute Gasteiger partial charge is 0.478 e. The van der Waals surface area contributed by atoms with Crippen LogP contribution in [0.5, 0.6) is 0 Å². The first kappa shape index (κ1) is 12.6. The number of hydrogen-bond acceptors (Lipinski definition) is 3. The predicted molar refractivity (Wildman–Crippen MR) is 71.8 cm³/mol. The molecular formula is C14H18N2O2. The minimum atomic E-state index is -0.936. The topological polar surface area (TPSA) is 52.6 Å². The monoisotopic (exact) mass is 246 g/mol. The third-order valence-corrected chi connectivity index (χ3v) is 3.20. The molecule has 0 unspecified atom stereocenters. The van der Waals surface area contributed by atoms with Crippen molar-refractivity contribution in [2.45, 2.75) is 19.0 Å². The first-order valence-corrected chi connectivity index (χ1v) is 6.06. The number of hydrogen-bond donors (Lipinski definition) is 2. The maximum absolute atomic E-state index is 11.0. The van der Waals surface area contributed by atoms with Gasteiger partial charge in [0.2, 0.25) is 0 Å². The van der Waals surface area contributed by atoms with Gasteiger partial charge in [0.05, 0.1) is 6.04 Å². The van der Waals surface area contributed by atoms with E-state index in [9.17, 15) is 4.79 Å². The van der Waals surface area contributed by atoms with E-state index in [2.05, 4.69) is 23.7 Å². The Morgan fingerprint density at radius 2 is 2.06 bits per heavy atom. The van der Waals surface area contributed by atoms with Crippen LogP contribution in [0.15, 0.2) is 42.5 Å². The summed E-state index contributed by atoms with van der Waals surface area (Å²) in [4.78, 5) is 13.2. The number of rotatable bonds is 3. The summed E-state index contributed by atoms with van der Waals surface area (Å²) in [5.74, 6) is -0.936. The Hall–Kier alpha value is -1.81. The minimum Gasteiger partial charge on any atom is -0.478 e. The highest BCUT2D eigenvalue weighted by Crippen LogP contribution is 2.19. The number of piperazine rings is 1. The Morgan fingerprint density at radius 3 is 2.67 bits per heavy atom. The Balaban J connectivity index is 2.14. The highest BCUT2D eigenvalue weighted by Gasteiger charge is 2.28. The summed E-state index contributed by atoms with van der Waals surface area (Å²) in [5, 5.41) is 12.3. The molecule has 0 amide bonds. The average molecular weight is 246 g/mol. The van der Waals surface area contributed by atoms with Crippen LogP contribution in [0.2, 0.25) is 0 Å². The zero-order chi connectivity index (χ0) is 13.1. The number of benzene rings is 1. The second-order valence-corrected chi connectivity index (χ2v) is 4.69. The number of nitrogens with one attached hydrogen (secondary N) is 1. The summed E-state index contributed by atoms with van der Waals surface area (Å²) in [6.45, 7) is 7.21. The smallest absolute Gasteiger partial charge is 0.332 e.